The molecule has 1 N–H and O–H groups in total. The van der Waals surface area contributed by atoms with Gasteiger partial charge in [-0.1, -0.05) is 29.3 Å². The Morgan fingerprint density at radius 1 is 1.22 bits per heavy atom. The molecule has 172 valence electrons. The summed E-state index contributed by atoms with van der Waals surface area (Å²) in [5, 5.41) is 14.4. The van der Waals surface area contributed by atoms with Crippen LogP contribution < -0.4 is 14.8 Å². The molecule has 0 bridgehead atoms. The van der Waals surface area contributed by atoms with E-state index in [0.717, 1.165) is 0 Å². The summed E-state index contributed by atoms with van der Waals surface area (Å²) in [6.07, 6.45) is 0. The summed E-state index contributed by atoms with van der Waals surface area (Å²) >= 11 is 12.5. The first-order chi connectivity index (χ1) is 15.2. The first-order valence-electron chi connectivity index (χ1n) is 9.64. The van der Waals surface area contributed by atoms with Crippen molar-refractivity contribution in [1.29, 1.82) is 0 Å². The number of likely N-dealkylation sites (N-methyl/N-ethyl adjacent to an activating group) is 1. The second kappa shape index (κ2) is 11.5. The number of carbonyl (C=O) groups excluding carboxylic acids is 2. The minimum atomic E-state index is -0.829. The largest absolute Gasteiger partial charge is 0.490 e. The lowest BCUT2D eigenvalue weighted by Gasteiger charge is -2.29. The van der Waals surface area contributed by atoms with Crippen LogP contribution in [0.2, 0.25) is 10.0 Å². The maximum absolute atomic E-state index is 13.0. The second-order valence-electron chi connectivity index (χ2n) is 6.67. The van der Waals surface area contributed by atoms with Crippen LogP contribution in [0.1, 0.15) is 19.4 Å². The minimum absolute atomic E-state index is 0.00431. The van der Waals surface area contributed by atoms with E-state index < -0.39 is 23.5 Å². The number of benzene rings is 2. The maximum atomic E-state index is 13.0. The van der Waals surface area contributed by atoms with Crippen LogP contribution in [-0.4, -0.2) is 47.9 Å². The number of ether oxygens (including phenoxy) is 2. The van der Waals surface area contributed by atoms with Crippen LogP contribution in [0.15, 0.2) is 36.4 Å². The molecule has 0 fully saturated rings. The van der Waals surface area contributed by atoms with Crippen molar-refractivity contribution in [1.82, 2.24) is 10.2 Å². The molecule has 0 saturated carbocycles. The average molecular weight is 484 g/mol. The average Bonchev–Trinajstić information content (AvgIpc) is 2.76. The number of nitro benzene ring substituents is 1. The molecular formula is C21H23Cl2N3O6. The molecule has 2 aromatic carbocycles. The van der Waals surface area contributed by atoms with Crippen LogP contribution in [0.4, 0.5) is 5.69 Å². The SMILES string of the molecule is CCNC(=O)[C@@H](C)N(Cc1c(Cl)cccc1Cl)C(=O)COc1ccc([N+](=O)[O-])c(OC)c1. The number of carbonyl (C=O) groups is 2. The summed E-state index contributed by atoms with van der Waals surface area (Å²) in [4.78, 5) is 37.2. The highest BCUT2D eigenvalue weighted by molar-refractivity contribution is 6.36. The Bertz CT molecular complexity index is 981. The van der Waals surface area contributed by atoms with Gasteiger partial charge in [-0.15, -0.1) is 0 Å². The Balaban J connectivity index is 2.24. The summed E-state index contributed by atoms with van der Waals surface area (Å²) in [5.74, 6) is -0.657. The smallest absolute Gasteiger partial charge is 0.311 e. The number of hydrogen-bond acceptors (Lipinski definition) is 6. The molecule has 0 aliphatic heterocycles. The zero-order valence-electron chi connectivity index (χ0n) is 17.8. The first kappa shape index (κ1) is 25.2. The van der Waals surface area contributed by atoms with Crippen molar-refractivity contribution in [2.45, 2.75) is 26.4 Å². The van der Waals surface area contributed by atoms with Crippen molar-refractivity contribution in [3.05, 3.63) is 62.1 Å². The van der Waals surface area contributed by atoms with Gasteiger partial charge in [-0.05, 0) is 32.0 Å². The maximum Gasteiger partial charge on any atom is 0.311 e. The number of hydrogen-bond donors (Lipinski definition) is 1. The molecule has 1 atom stereocenters. The highest BCUT2D eigenvalue weighted by Crippen LogP contribution is 2.31. The van der Waals surface area contributed by atoms with Gasteiger partial charge in [-0.3, -0.25) is 19.7 Å². The summed E-state index contributed by atoms with van der Waals surface area (Å²) < 4.78 is 10.5. The van der Waals surface area contributed by atoms with Crippen molar-refractivity contribution in [2.24, 2.45) is 0 Å². The fraction of sp³-hybridized carbons (Fsp3) is 0.333. The van der Waals surface area contributed by atoms with Crippen LogP contribution in [0.25, 0.3) is 0 Å². The fourth-order valence-corrected chi connectivity index (χ4v) is 3.40. The van der Waals surface area contributed by atoms with Crippen molar-refractivity contribution in [2.75, 3.05) is 20.3 Å². The Kier molecular flexibility index (Phi) is 9.10. The molecule has 0 unspecified atom stereocenters. The van der Waals surface area contributed by atoms with E-state index in [-0.39, 0.29) is 29.6 Å². The predicted molar refractivity (Wildman–Crippen MR) is 120 cm³/mol. The Hall–Kier alpha value is -3.04. The molecule has 0 aliphatic rings. The molecule has 0 aliphatic carbocycles. The van der Waals surface area contributed by atoms with Gasteiger partial charge in [0.25, 0.3) is 5.91 Å². The van der Waals surface area contributed by atoms with Crippen LogP contribution in [0.3, 0.4) is 0 Å². The summed E-state index contributed by atoms with van der Waals surface area (Å²) in [6.45, 7) is 3.32. The molecule has 32 heavy (non-hydrogen) atoms. The van der Waals surface area contributed by atoms with Crippen molar-refractivity contribution in [3.8, 4) is 11.5 Å². The van der Waals surface area contributed by atoms with E-state index in [1.807, 2.05) is 0 Å². The molecule has 2 amide bonds. The minimum Gasteiger partial charge on any atom is -0.490 e. The lowest BCUT2D eigenvalue weighted by Crippen LogP contribution is -2.49. The third-order valence-electron chi connectivity index (χ3n) is 4.62. The van der Waals surface area contributed by atoms with E-state index in [1.54, 1.807) is 32.0 Å². The van der Waals surface area contributed by atoms with Crippen molar-refractivity contribution < 1.29 is 24.0 Å². The summed E-state index contributed by atoms with van der Waals surface area (Å²) in [7, 11) is 1.29. The first-order valence-corrected chi connectivity index (χ1v) is 10.4. The number of halogens is 2. The third kappa shape index (κ3) is 6.24. The zero-order chi connectivity index (χ0) is 23.8. The Labute approximate surface area is 195 Å². The number of amides is 2. The quantitative estimate of drug-likeness (QED) is 0.405. The zero-order valence-corrected chi connectivity index (χ0v) is 19.3. The van der Waals surface area contributed by atoms with Gasteiger partial charge < -0.3 is 19.7 Å². The highest BCUT2D eigenvalue weighted by Gasteiger charge is 2.27. The molecule has 2 aromatic rings. The van der Waals surface area contributed by atoms with Crippen molar-refractivity contribution in [3.63, 3.8) is 0 Å². The second-order valence-corrected chi connectivity index (χ2v) is 7.49. The van der Waals surface area contributed by atoms with Gasteiger partial charge in [0.2, 0.25) is 11.7 Å². The van der Waals surface area contributed by atoms with E-state index in [1.165, 1.54) is 30.2 Å². The molecule has 0 heterocycles. The Morgan fingerprint density at radius 2 is 1.88 bits per heavy atom. The number of rotatable bonds is 10. The van der Waals surface area contributed by atoms with Gasteiger partial charge in [-0.2, -0.15) is 0 Å². The molecule has 0 saturated heterocycles. The fourth-order valence-electron chi connectivity index (χ4n) is 2.88. The molecule has 9 nitrogen and oxygen atoms in total. The molecule has 0 aromatic heterocycles. The molecule has 0 spiro atoms. The van der Waals surface area contributed by atoms with Crippen LogP contribution in [0.5, 0.6) is 11.5 Å². The van der Waals surface area contributed by atoms with Crippen LogP contribution >= 0.6 is 23.2 Å². The van der Waals surface area contributed by atoms with Gasteiger partial charge in [-0.25, -0.2) is 0 Å². The van der Waals surface area contributed by atoms with Crippen molar-refractivity contribution >= 4 is 40.7 Å². The molecule has 0 radical (unpaired) electrons. The highest BCUT2D eigenvalue weighted by atomic mass is 35.5. The third-order valence-corrected chi connectivity index (χ3v) is 5.33. The lowest BCUT2D eigenvalue weighted by molar-refractivity contribution is -0.385. The van der Waals surface area contributed by atoms with Gasteiger partial charge in [0.1, 0.15) is 11.8 Å². The van der Waals surface area contributed by atoms with Gasteiger partial charge in [0.15, 0.2) is 6.61 Å². The molecular weight excluding hydrogens is 461 g/mol. The number of nitrogens with one attached hydrogen (secondary N) is 1. The normalized spacial score (nSPS) is 11.4. The van der Waals surface area contributed by atoms with E-state index in [9.17, 15) is 19.7 Å². The van der Waals surface area contributed by atoms with Crippen LogP contribution in [-0.2, 0) is 16.1 Å². The lowest BCUT2D eigenvalue weighted by atomic mass is 10.1. The van der Waals surface area contributed by atoms with Gasteiger partial charge in [0, 0.05) is 40.8 Å². The van der Waals surface area contributed by atoms with E-state index in [2.05, 4.69) is 5.32 Å². The molecule has 2 rings (SSSR count). The van der Waals surface area contributed by atoms with Crippen LogP contribution in [0, 0.1) is 10.1 Å². The van der Waals surface area contributed by atoms with E-state index >= 15 is 0 Å². The topological polar surface area (TPSA) is 111 Å². The molecule has 11 heteroatoms. The van der Waals surface area contributed by atoms with E-state index in [4.69, 9.17) is 32.7 Å². The Morgan fingerprint density at radius 3 is 2.44 bits per heavy atom. The van der Waals surface area contributed by atoms with E-state index in [0.29, 0.717) is 22.2 Å². The predicted octanol–water partition coefficient (Wildman–Crippen LogP) is 3.84. The van der Waals surface area contributed by atoms with Gasteiger partial charge in [0.05, 0.1) is 12.0 Å². The standard InChI is InChI=1S/C21H23Cl2N3O6/c1-4-24-21(28)13(2)25(11-15-16(22)6-5-7-17(15)23)20(27)12-32-14-8-9-18(26(29)30)19(10-14)31-3/h5-10,13H,4,11-12H2,1-3H3,(H,24,28)/t13-/m1/s1. The number of nitrogens with zero attached hydrogens (tertiary/aromatic N) is 2. The van der Waals surface area contributed by atoms with Gasteiger partial charge >= 0.3 is 5.69 Å². The number of methoxy groups -OCH3 is 1. The number of nitro groups is 1. The monoisotopic (exact) mass is 483 g/mol. The summed E-state index contributed by atoms with van der Waals surface area (Å²) in [5.41, 5.74) is 0.267. The summed E-state index contributed by atoms with van der Waals surface area (Å²) in [6, 6.07) is 8.02.